The highest BCUT2D eigenvalue weighted by atomic mass is 33.1. The molecule has 0 aliphatic rings. The molecule has 0 atom stereocenters. The number of hydrogen-bond donors (Lipinski definition) is 0. The Labute approximate surface area is 364 Å². The molecule has 0 fully saturated rings. The molecule has 0 aliphatic heterocycles. The van der Waals surface area contributed by atoms with Gasteiger partial charge in [-0.05, 0) is 78.5 Å². The molecule has 0 saturated heterocycles. The van der Waals surface area contributed by atoms with E-state index in [4.69, 9.17) is 0 Å². The van der Waals surface area contributed by atoms with E-state index in [1.165, 1.54) is 32.7 Å². The fourth-order valence-electron chi connectivity index (χ4n) is 7.84. The summed E-state index contributed by atoms with van der Waals surface area (Å²) < 4.78 is 4.12. The molecule has 4 aromatic heterocycles. The lowest BCUT2D eigenvalue weighted by Gasteiger charge is -2.11. The Morgan fingerprint density at radius 1 is 0.383 bits per heavy atom. The summed E-state index contributed by atoms with van der Waals surface area (Å²) in [6, 6.07) is 61.2. The minimum absolute atomic E-state index is 0.0227. The molecule has 0 N–H and O–H groups in total. The lowest BCUT2D eigenvalue weighted by molar-refractivity contribution is 0.102. The quantitative estimate of drug-likeness (QED) is 0.0654. The predicted octanol–water partition coefficient (Wildman–Crippen LogP) is 14.3. The third-order valence-electron chi connectivity index (χ3n) is 10.7. The molecule has 4 heterocycles. The second kappa shape index (κ2) is 17.0. The van der Waals surface area contributed by atoms with Crippen LogP contribution in [0.2, 0.25) is 0 Å². The number of aromatic nitrogens is 2. The molecule has 0 unspecified atom stereocenters. The third-order valence-corrected chi connectivity index (χ3v) is 15.8. The lowest BCUT2D eigenvalue weighted by Crippen LogP contribution is -2.06. The number of carbonyl (C=O) groups excluding carboxylic acids is 2. The third kappa shape index (κ3) is 7.24. The molecule has 0 amide bonds. The maximum absolute atomic E-state index is 14.7. The average molecular weight is 849 g/mol. The molecule has 290 valence electrons. The number of thioether (sulfide) groups is 2. The van der Waals surface area contributed by atoms with Crippen LogP contribution in [0.15, 0.2) is 214 Å². The Kier molecular flexibility index (Phi) is 10.8. The zero-order valence-electron chi connectivity index (χ0n) is 32.2. The van der Waals surface area contributed by atoms with Crippen LogP contribution in [0.5, 0.6) is 0 Å². The summed E-state index contributed by atoms with van der Waals surface area (Å²) in [6.07, 6.45) is 4.00. The Balaban J connectivity index is 1.11. The molecule has 0 aliphatic carbocycles. The van der Waals surface area contributed by atoms with Gasteiger partial charge in [0, 0.05) is 35.0 Å². The molecule has 10 aromatic rings. The van der Waals surface area contributed by atoms with Gasteiger partial charge in [0.05, 0.1) is 30.6 Å². The van der Waals surface area contributed by atoms with Crippen LogP contribution in [-0.2, 0) is 11.5 Å². The van der Waals surface area contributed by atoms with Crippen molar-refractivity contribution in [2.45, 2.75) is 31.1 Å². The van der Waals surface area contributed by atoms with Crippen LogP contribution < -0.4 is 0 Å². The van der Waals surface area contributed by atoms with Crippen molar-refractivity contribution in [1.82, 2.24) is 8.80 Å². The van der Waals surface area contributed by atoms with Crippen LogP contribution in [0, 0.1) is 0 Å². The first-order valence-electron chi connectivity index (χ1n) is 19.6. The Bertz CT molecular complexity index is 2980. The largest absolute Gasteiger partial charge is 0.311 e. The Morgan fingerprint density at radius 3 is 1.22 bits per heavy atom. The molecule has 6 aromatic carbocycles. The van der Waals surface area contributed by atoms with Crippen LogP contribution >= 0.6 is 45.1 Å². The fraction of sp³-hybridized carbons (Fsp3) is 0.0385. The standard InChI is InChI=1S/C52H36N2O2S4/c55-47(37-19-3-1-4-20-37)45-51(57-33-39-25-15-23-35-17-7-9-27-41(35)39)49(43-29-11-13-31-53(43)45)59-60-50-44-30-12-14-32-54(44)46(48(56)38-21-5-2-6-22-38)52(50)58-34-40-26-16-24-36-18-8-10-28-42(36)40/h1-32H,33-34H2. The summed E-state index contributed by atoms with van der Waals surface area (Å²) in [6.45, 7) is 0. The Hall–Kier alpha value is -5.90. The number of benzene rings is 6. The highest BCUT2D eigenvalue weighted by molar-refractivity contribution is 8.76. The van der Waals surface area contributed by atoms with Gasteiger partial charge < -0.3 is 8.80 Å². The number of pyridine rings is 2. The average Bonchev–Trinajstić information content (AvgIpc) is 3.80. The zero-order valence-corrected chi connectivity index (χ0v) is 35.5. The van der Waals surface area contributed by atoms with E-state index in [2.05, 4.69) is 106 Å². The van der Waals surface area contributed by atoms with Gasteiger partial charge in [0.1, 0.15) is 11.4 Å². The maximum Gasteiger partial charge on any atom is 0.210 e. The smallest absolute Gasteiger partial charge is 0.210 e. The van der Waals surface area contributed by atoms with E-state index in [0.717, 1.165) is 30.6 Å². The van der Waals surface area contributed by atoms with Crippen molar-refractivity contribution in [2.24, 2.45) is 0 Å². The van der Waals surface area contributed by atoms with Crippen molar-refractivity contribution in [3.63, 3.8) is 0 Å². The molecule has 0 radical (unpaired) electrons. The van der Waals surface area contributed by atoms with Crippen molar-refractivity contribution < 1.29 is 9.59 Å². The van der Waals surface area contributed by atoms with E-state index in [0.29, 0.717) is 34.0 Å². The summed E-state index contributed by atoms with van der Waals surface area (Å²) in [5, 5.41) is 4.80. The predicted molar refractivity (Wildman–Crippen MR) is 253 cm³/mol. The highest BCUT2D eigenvalue weighted by Crippen LogP contribution is 2.52. The number of ketones is 2. The summed E-state index contributed by atoms with van der Waals surface area (Å²) in [5.74, 6) is 1.32. The zero-order chi connectivity index (χ0) is 40.4. The van der Waals surface area contributed by atoms with Gasteiger partial charge in [0.2, 0.25) is 11.6 Å². The van der Waals surface area contributed by atoms with Crippen LogP contribution in [0.4, 0.5) is 0 Å². The lowest BCUT2D eigenvalue weighted by atomic mass is 10.1. The first-order chi connectivity index (χ1) is 29.6. The van der Waals surface area contributed by atoms with Gasteiger partial charge in [0.15, 0.2) is 0 Å². The molecule has 0 spiro atoms. The highest BCUT2D eigenvalue weighted by Gasteiger charge is 2.29. The normalized spacial score (nSPS) is 11.5. The van der Waals surface area contributed by atoms with E-state index in [9.17, 15) is 9.59 Å². The van der Waals surface area contributed by atoms with Crippen molar-refractivity contribution in [1.29, 1.82) is 0 Å². The molecule has 10 rings (SSSR count). The molecule has 60 heavy (non-hydrogen) atoms. The van der Waals surface area contributed by atoms with Crippen molar-refractivity contribution in [2.75, 3.05) is 0 Å². The monoisotopic (exact) mass is 848 g/mol. The fourth-order valence-corrected chi connectivity index (χ4v) is 13.5. The first-order valence-corrected chi connectivity index (χ1v) is 23.7. The molecule has 0 saturated carbocycles. The number of hydrogen-bond acceptors (Lipinski definition) is 6. The van der Waals surface area contributed by atoms with Crippen LogP contribution in [-0.4, -0.2) is 20.4 Å². The maximum atomic E-state index is 14.7. The van der Waals surface area contributed by atoms with Gasteiger partial charge in [-0.1, -0.05) is 158 Å². The summed E-state index contributed by atoms with van der Waals surface area (Å²) in [7, 11) is 3.32. The van der Waals surface area contributed by atoms with Gasteiger partial charge in [-0.2, -0.15) is 0 Å². The molecule has 8 heteroatoms. The second-order valence-electron chi connectivity index (χ2n) is 14.3. The van der Waals surface area contributed by atoms with Crippen LogP contribution in [0.3, 0.4) is 0 Å². The van der Waals surface area contributed by atoms with Gasteiger partial charge in [-0.25, -0.2) is 0 Å². The Morgan fingerprint density at radius 2 is 0.767 bits per heavy atom. The topological polar surface area (TPSA) is 43.0 Å². The van der Waals surface area contributed by atoms with Gasteiger partial charge in [-0.3, -0.25) is 9.59 Å². The first kappa shape index (κ1) is 38.3. The summed E-state index contributed by atoms with van der Waals surface area (Å²) in [5.41, 5.74) is 6.94. The second-order valence-corrected chi connectivity index (χ2v) is 18.5. The van der Waals surface area contributed by atoms with E-state index in [-0.39, 0.29) is 11.6 Å². The van der Waals surface area contributed by atoms with Crippen molar-refractivity contribution in [3.05, 3.63) is 228 Å². The van der Waals surface area contributed by atoms with Gasteiger partial charge >= 0.3 is 0 Å². The van der Waals surface area contributed by atoms with E-state index in [1.54, 1.807) is 45.1 Å². The van der Waals surface area contributed by atoms with Crippen molar-refractivity contribution >= 4 is 89.3 Å². The SMILES string of the molecule is O=C(c1ccccc1)c1c(SCc2cccc3ccccc23)c(SSc2c(SCc3cccc4ccccc34)c(C(=O)c3ccccc3)n3ccccc23)c2ccccn12. The van der Waals surface area contributed by atoms with E-state index >= 15 is 0 Å². The van der Waals surface area contributed by atoms with E-state index in [1.807, 2.05) is 97.3 Å². The molecule has 0 bridgehead atoms. The van der Waals surface area contributed by atoms with Crippen LogP contribution in [0.25, 0.3) is 32.6 Å². The number of rotatable bonds is 13. The number of carbonyl (C=O) groups is 2. The number of nitrogens with zero attached hydrogens (tertiary/aromatic N) is 2. The summed E-state index contributed by atoms with van der Waals surface area (Å²) >= 11 is 3.42. The van der Waals surface area contributed by atoms with Gasteiger partial charge in [0.25, 0.3) is 0 Å². The minimum Gasteiger partial charge on any atom is -0.311 e. The molecule has 4 nitrogen and oxygen atoms in total. The minimum atomic E-state index is -0.0227. The number of fused-ring (bicyclic) bond motifs is 4. The van der Waals surface area contributed by atoms with E-state index < -0.39 is 0 Å². The molecular weight excluding hydrogens is 813 g/mol. The summed E-state index contributed by atoms with van der Waals surface area (Å²) in [4.78, 5) is 33.2. The molecular formula is C52H36N2O2S4. The van der Waals surface area contributed by atoms with Gasteiger partial charge in [-0.15, -0.1) is 23.5 Å². The van der Waals surface area contributed by atoms with Crippen molar-refractivity contribution in [3.8, 4) is 0 Å². The van der Waals surface area contributed by atoms with Crippen LogP contribution in [0.1, 0.15) is 43.2 Å².